The fraction of sp³-hybridized carbons (Fsp3) is 0.378. The van der Waals surface area contributed by atoms with Gasteiger partial charge in [0.2, 0.25) is 5.91 Å². The lowest BCUT2D eigenvalue weighted by molar-refractivity contribution is -0.151. The van der Waals surface area contributed by atoms with Gasteiger partial charge in [0.15, 0.2) is 0 Å². The quantitative estimate of drug-likeness (QED) is 0.0940. The minimum Gasteiger partial charge on any atom is -0.469 e. The number of ether oxygens (including phenoxy) is 2. The second-order valence-corrected chi connectivity index (χ2v) is 12.2. The average Bonchev–Trinajstić information content (AvgIpc) is 3.72. The van der Waals surface area contributed by atoms with Gasteiger partial charge in [0.1, 0.15) is 12.6 Å². The monoisotopic (exact) mass is 653 g/mol. The Kier molecular flexibility index (Phi) is 11.4. The molecule has 2 aliphatic rings. The smallest absolute Gasteiger partial charge is 0.410 e. The van der Waals surface area contributed by atoms with Crippen molar-refractivity contribution in [3.05, 3.63) is 95.6 Å². The third kappa shape index (κ3) is 8.20. The Morgan fingerprint density at radius 2 is 1.62 bits per heavy atom. The van der Waals surface area contributed by atoms with Gasteiger partial charge in [-0.1, -0.05) is 78.9 Å². The van der Waals surface area contributed by atoms with Gasteiger partial charge < -0.3 is 15.2 Å². The molecule has 5 rings (SSSR count). The number of hydrogen-bond acceptors (Lipinski definition) is 7. The van der Waals surface area contributed by atoms with Crippen molar-refractivity contribution in [3.63, 3.8) is 0 Å². The highest BCUT2D eigenvalue weighted by Crippen LogP contribution is 2.44. The predicted molar refractivity (Wildman–Crippen MR) is 181 cm³/mol. The number of amidine groups is 1. The molecule has 11 heteroatoms. The number of carbonyl (C=O) groups is 4. The van der Waals surface area contributed by atoms with E-state index >= 15 is 0 Å². The van der Waals surface area contributed by atoms with Crippen LogP contribution in [-0.4, -0.2) is 72.5 Å². The van der Waals surface area contributed by atoms with E-state index in [1.54, 1.807) is 6.92 Å². The molecule has 0 radical (unpaired) electrons. The number of nitrogens with zero attached hydrogens (tertiary/aromatic N) is 3. The second kappa shape index (κ2) is 16.1. The number of amides is 3. The summed E-state index contributed by atoms with van der Waals surface area (Å²) in [6, 6.07) is 24.6. The van der Waals surface area contributed by atoms with Gasteiger partial charge in [0.05, 0.1) is 25.4 Å². The number of carbonyl (C=O) groups excluding carboxylic acids is 4. The summed E-state index contributed by atoms with van der Waals surface area (Å²) in [5.41, 5.74) is 13.6. The molecular weight excluding hydrogens is 610 g/mol. The molecule has 3 aromatic rings. The zero-order valence-electron chi connectivity index (χ0n) is 27.5. The van der Waals surface area contributed by atoms with Crippen LogP contribution in [0.3, 0.4) is 0 Å². The molecule has 48 heavy (non-hydrogen) atoms. The van der Waals surface area contributed by atoms with E-state index in [-0.39, 0.29) is 25.5 Å². The fourth-order valence-electron chi connectivity index (χ4n) is 6.48. The maximum absolute atomic E-state index is 13.7. The van der Waals surface area contributed by atoms with Gasteiger partial charge in [-0.15, -0.1) is 0 Å². The molecule has 1 heterocycles. The lowest BCUT2D eigenvalue weighted by Crippen LogP contribution is -2.53. The van der Waals surface area contributed by atoms with Crippen LogP contribution >= 0.6 is 0 Å². The van der Waals surface area contributed by atoms with Crippen LogP contribution < -0.4 is 11.2 Å². The van der Waals surface area contributed by atoms with Crippen LogP contribution in [0.25, 0.3) is 11.1 Å². The van der Waals surface area contributed by atoms with Crippen LogP contribution in [-0.2, 0) is 30.4 Å². The Hall–Kier alpha value is -5.19. The van der Waals surface area contributed by atoms with Gasteiger partial charge >= 0.3 is 12.1 Å². The van der Waals surface area contributed by atoms with E-state index in [9.17, 15) is 19.2 Å². The normalized spacial score (nSPS) is 16.1. The molecule has 0 spiro atoms. The third-order valence-electron chi connectivity index (χ3n) is 8.88. The lowest BCUT2D eigenvalue weighted by atomic mass is 9.98. The van der Waals surface area contributed by atoms with Crippen LogP contribution in [0.5, 0.6) is 0 Å². The fourth-order valence-corrected chi connectivity index (χ4v) is 6.48. The number of hydrazine groups is 1. The number of aliphatic imine (C=N–C) groups is 1. The van der Waals surface area contributed by atoms with E-state index in [0.29, 0.717) is 44.6 Å². The third-order valence-corrected chi connectivity index (χ3v) is 8.88. The van der Waals surface area contributed by atoms with Crippen molar-refractivity contribution in [1.29, 1.82) is 0 Å². The Labute approximate surface area is 281 Å². The van der Waals surface area contributed by atoms with Crippen LogP contribution in [0.1, 0.15) is 61.6 Å². The van der Waals surface area contributed by atoms with Gasteiger partial charge in [-0.2, -0.15) is 0 Å². The number of fused-ring (bicyclic) bond motifs is 3. The minimum atomic E-state index is -0.819. The first-order valence-corrected chi connectivity index (χ1v) is 16.4. The van der Waals surface area contributed by atoms with Crippen LogP contribution in [0, 0.1) is 5.92 Å². The molecule has 1 aliphatic carbocycles. The largest absolute Gasteiger partial charge is 0.469 e. The SMILES string of the molecule is COC(=O)C(CCCN=C(C)N)CC(=O)N(Cc1ccccc1)NC(=O)C1CCCN1C(=O)OCC1c2ccccc2-c2ccccc21. The van der Waals surface area contributed by atoms with Crippen molar-refractivity contribution in [1.82, 2.24) is 15.3 Å². The van der Waals surface area contributed by atoms with Gasteiger partial charge in [-0.05, 0) is 60.4 Å². The van der Waals surface area contributed by atoms with Crippen LogP contribution in [0.4, 0.5) is 4.79 Å². The highest BCUT2D eigenvalue weighted by Gasteiger charge is 2.38. The molecule has 2 atom stereocenters. The van der Waals surface area contributed by atoms with E-state index in [1.807, 2.05) is 54.6 Å². The molecule has 0 bridgehead atoms. The number of rotatable bonds is 12. The van der Waals surface area contributed by atoms with Gasteiger partial charge in [-0.25, -0.2) is 9.80 Å². The predicted octanol–water partition coefficient (Wildman–Crippen LogP) is 4.80. The standard InChI is InChI=1S/C37H43N5O6/c1-25(38)39-20-10-14-27(36(45)47-2)22-34(43)42(23-26-12-4-3-5-13-26)40-35(44)33-19-11-21-41(33)37(46)48-24-32-30-17-8-6-15-28(30)29-16-7-9-18-31(29)32/h3-9,12-13,15-18,27,32-33H,10-11,14,19-24H2,1-2H3,(H2,38,39)(H,40,44). The summed E-state index contributed by atoms with van der Waals surface area (Å²) in [5, 5.41) is 1.23. The van der Waals surface area contributed by atoms with Crippen molar-refractivity contribution < 1.29 is 28.7 Å². The van der Waals surface area contributed by atoms with Gasteiger partial charge in [0, 0.05) is 25.4 Å². The number of nitrogens with one attached hydrogen (secondary N) is 1. The molecule has 11 nitrogen and oxygen atoms in total. The van der Waals surface area contributed by atoms with Gasteiger partial charge in [-0.3, -0.25) is 29.7 Å². The molecular formula is C37H43N5O6. The Morgan fingerprint density at radius 3 is 2.27 bits per heavy atom. The van der Waals surface area contributed by atoms with Crippen molar-refractivity contribution in [2.75, 3.05) is 26.8 Å². The van der Waals surface area contributed by atoms with E-state index in [4.69, 9.17) is 15.2 Å². The summed E-state index contributed by atoms with van der Waals surface area (Å²) in [7, 11) is 1.28. The number of nitrogens with two attached hydrogens (primary N) is 1. The molecule has 0 aromatic heterocycles. The highest BCUT2D eigenvalue weighted by atomic mass is 16.6. The van der Waals surface area contributed by atoms with Crippen LogP contribution in [0.15, 0.2) is 83.9 Å². The Morgan fingerprint density at radius 1 is 0.979 bits per heavy atom. The molecule has 1 saturated heterocycles. The van der Waals surface area contributed by atoms with E-state index in [0.717, 1.165) is 27.8 Å². The minimum absolute atomic E-state index is 0.0770. The number of hydrogen-bond donors (Lipinski definition) is 2. The van der Waals surface area contributed by atoms with Crippen molar-refractivity contribution in [3.8, 4) is 11.1 Å². The summed E-state index contributed by atoms with van der Waals surface area (Å²) in [6.45, 7) is 2.68. The maximum atomic E-state index is 13.7. The summed E-state index contributed by atoms with van der Waals surface area (Å²) >= 11 is 0. The second-order valence-electron chi connectivity index (χ2n) is 12.2. The van der Waals surface area contributed by atoms with E-state index in [2.05, 4.69) is 34.7 Å². The summed E-state index contributed by atoms with van der Waals surface area (Å²) in [4.78, 5) is 59.1. The van der Waals surface area contributed by atoms with Gasteiger partial charge in [0.25, 0.3) is 5.91 Å². The summed E-state index contributed by atoms with van der Waals surface area (Å²) < 4.78 is 10.8. The molecule has 1 fully saturated rings. The number of benzene rings is 3. The molecule has 3 N–H and O–H groups in total. The molecule has 1 aliphatic heterocycles. The number of likely N-dealkylation sites (tertiary alicyclic amines) is 1. The van der Waals surface area contributed by atoms with Crippen molar-refractivity contribution >= 4 is 29.7 Å². The van der Waals surface area contributed by atoms with Crippen molar-refractivity contribution in [2.45, 2.75) is 57.5 Å². The maximum Gasteiger partial charge on any atom is 0.410 e. The molecule has 0 saturated carbocycles. The van der Waals surface area contributed by atoms with E-state index < -0.39 is 35.8 Å². The number of methoxy groups -OCH3 is 1. The lowest BCUT2D eigenvalue weighted by Gasteiger charge is -2.29. The zero-order chi connectivity index (χ0) is 34.0. The summed E-state index contributed by atoms with van der Waals surface area (Å²) in [5.74, 6) is -1.85. The molecule has 2 unspecified atom stereocenters. The highest BCUT2D eigenvalue weighted by molar-refractivity contribution is 5.89. The topological polar surface area (TPSA) is 144 Å². The molecule has 252 valence electrons. The van der Waals surface area contributed by atoms with E-state index in [1.165, 1.54) is 17.0 Å². The van der Waals surface area contributed by atoms with Crippen molar-refractivity contribution in [2.24, 2.45) is 16.6 Å². The van der Waals surface area contributed by atoms with Crippen LogP contribution in [0.2, 0.25) is 0 Å². The Bertz CT molecular complexity index is 1590. The molecule has 3 aromatic carbocycles. The first kappa shape index (κ1) is 34.2. The Balaban J connectivity index is 1.26. The first-order chi connectivity index (χ1) is 23.3. The summed E-state index contributed by atoms with van der Waals surface area (Å²) in [6.07, 6.45) is 1.19. The number of esters is 1. The molecule has 3 amide bonds. The first-order valence-electron chi connectivity index (χ1n) is 16.4. The zero-order valence-corrected chi connectivity index (χ0v) is 27.5. The average molecular weight is 654 g/mol.